The Labute approximate surface area is 170 Å². The molecule has 1 aromatic carbocycles. The predicted octanol–water partition coefficient (Wildman–Crippen LogP) is 3.76. The van der Waals surface area contributed by atoms with Gasteiger partial charge in [-0.15, -0.1) is 0 Å². The van der Waals surface area contributed by atoms with Gasteiger partial charge in [-0.25, -0.2) is 0 Å². The van der Waals surface area contributed by atoms with E-state index in [1.54, 1.807) is 0 Å². The summed E-state index contributed by atoms with van der Waals surface area (Å²) in [6.45, 7) is 3.93. The predicted molar refractivity (Wildman–Crippen MR) is 110 cm³/mol. The number of aliphatic hydroxyl groups excluding tert-OH is 1. The first-order valence-electron chi connectivity index (χ1n) is 10.5. The molecule has 1 heterocycles. The Morgan fingerprint density at radius 3 is 2.31 bits per heavy atom. The number of aliphatic hydroxyl groups is 1. The average molecular weight is 406 g/mol. The lowest BCUT2D eigenvalue weighted by Gasteiger charge is -2.35. The Kier molecular flexibility index (Phi) is 7.02. The third kappa shape index (κ3) is 5.02. The summed E-state index contributed by atoms with van der Waals surface area (Å²) in [6.07, 6.45) is 8.16. The topological polar surface area (TPSA) is 122 Å². The Hall–Kier alpha value is -2.26. The first-order valence-corrected chi connectivity index (χ1v) is 10.5. The van der Waals surface area contributed by atoms with Crippen LogP contribution in [0.2, 0.25) is 0 Å². The number of nitrogens with zero attached hydrogens (tertiary/aromatic N) is 3. The van der Waals surface area contributed by atoms with Crippen LogP contribution in [-0.2, 0) is 6.61 Å². The van der Waals surface area contributed by atoms with E-state index in [0.29, 0.717) is 0 Å². The average Bonchev–Trinajstić information content (AvgIpc) is 2.70. The molecule has 3 rings (SSSR count). The van der Waals surface area contributed by atoms with E-state index in [1.807, 2.05) is 0 Å². The van der Waals surface area contributed by atoms with Crippen LogP contribution in [0.1, 0.15) is 56.1 Å². The van der Waals surface area contributed by atoms with Crippen LogP contribution < -0.4 is 5.32 Å². The lowest BCUT2D eigenvalue weighted by Crippen LogP contribution is -2.41. The van der Waals surface area contributed by atoms with Gasteiger partial charge in [-0.1, -0.05) is 19.3 Å². The molecule has 0 aromatic heterocycles. The smallest absolute Gasteiger partial charge is 0.302 e. The summed E-state index contributed by atoms with van der Waals surface area (Å²) in [5, 5.41) is 35.7. The van der Waals surface area contributed by atoms with Crippen molar-refractivity contribution in [2.45, 2.75) is 64.5 Å². The molecule has 9 nitrogen and oxygen atoms in total. The van der Waals surface area contributed by atoms with Gasteiger partial charge in [0.05, 0.1) is 16.5 Å². The van der Waals surface area contributed by atoms with Crippen molar-refractivity contribution >= 4 is 17.1 Å². The number of piperidine rings is 1. The summed E-state index contributed by atoms with van der Waals surface area (Å²) in [7, 11) is 0. The SMILES string of the molecule is Cc1c(CO)cc([N+](=O)[O-])c(NC2CCN(CC3CCCCC3)CC2)c1[N+](=O)[O-]. The Morgan fingerprint density at radius 1 is 1.10 bits per heavy atom. The van der Waals surface area contributed by atoms with Crippen molar-refractivity contribution < 1.29 is 15.0 Å². The van der Waals surface area contributed by atoms with Crippen LogP contribution >= 0.6 is 0 Å². The van der Waals surface area contributed by atoms with Crippen molar-refractivity contribution in [1.82, 2.24) is 4.90 Å². The molecule has 1 aliphatic heterocycles. The maximum atomic E-state index is 11.7. The fourth-order valence-electron chi connectivity index (χ4n) is 4.68. The molecule has 0 spiro atoms. The fourth-order valence-corrected chi connectivity index (χ4v) is 4.68. The van der Waals surface area contributed by atoms with Crippen LogP contribution in [0.25, 0.3) is 0 Å². The van der Waals surface area contributed by atoms with E-state index >= 15 is 0 Å². The van der Waals surface area contributed by atoms with Crippen LogP contribution in [0.5, 0.6) is 0 Å². The summed E-state index contributed by atoms with van der Waals surface area (Å²) >= 11 is 0. The van der Waals surface area contributed by atoms with Crippen LogP contribution in [0.15, 0.2) is 6.07 Å². The maximum absolute atomic E-state index is 11.7. The van der Waals surface area contributed by atoms with Gasteiger partial charge in [0.15, 0.2) is 5.69 Å². The molecule has 0 atom stereocenters. The Bertz CT molecular complexity index is 756. The van der Waals surface area contributed by atoms with Gasteiger partial charge in [0.1, 0.15) is 0 Å². The van der Waals surface area contributed by atoms with Gasteiger partial charge < -0.3 is 15.3 Å². The van der Waals surface area contributed by atoms with E-state index in [9.17, 15) is 25.3 Å². The van der Waals surface area contributed by atoms with E-state index in [0.717, 1.165) is 38.4 Å². The Morgan fingerprint density at radius 2 is 1.76 bits per heavy atom. The summed E-state index contributed by atoms with van der Waals surface area (Å²) in [4.78, 5) is 24.4. The zero-order valence-electron chi connectivity index (χ0n) is 16.9. The summed E-state index contributed by atoms with van der Waals surface area (Å²) < 4.78 is 0. The molecule has 2 fully saturated rings. The lowest BCUT2D eigenvalue weighted by molar-refractivity contribution is -0.392. The van der Waals surface area contributed by atoms with Crippen LogP contribution in [0.3, 0.4) is 0 Å². The number of nitro groups is 2. The van der Waals surface area contributed by atoms with Crippen molar-refractivity contribution in [3.8, 4) is 0 Å². The van der Waals surface area contributed by atoms with E-state index in [4.69, 9.17) is 0 Å². The van der Waals surface area contributed by atoms with Gasteiger partial charge >= 0.3 is 5.69 Å². The molecular weight excluding hydrogens is 376 g/mol. The first kappa shape index (κ1) is 21.4. The zero-order chi connectivity index (χ0) is 21.0. The van der Waals surface area contributed by atoms with Crippen molar-refractivity contribution in [2.75, 3.05) is 25.0 Å². The lowest BCUT2D eigenvalue weighted by atomic mass is 9.88. The molecule has 2 aliphatic rings. The molecule has 29 heavy (non-hydrogen) atoms. The molecular formula is C20H30N4O5. The van der Waals surface area contributed by atoms with Crippen LogP contribution in [0.4, 0.5) is 17.1 Å². The number of likely N-dealkylation sites (tertiary alicyclic amines) is 1. The molecule has 0 amide bonds. The van der Waals surface area contributed by atoms with Crippen molar-refractivity contribution in [1.29, 1.82) is 0 Å². The minimum absolute atomic E-state index is 0.0413. The second-order valence-electron chi connectivity index (χ2n) is 8.30. The number of hydrogen-bond acceptors (Lipinski definition) is 7. The second kappa shape index (κ2) is 9.49. The fraction of sp³-hybridized carbons (Fsp3) is 0.700. The highest BCUT2D eigenvalue weighted by Gasteiger charge is 2.32. The molecule has 1 saturated carbocycles. The molecule has 0 unspecified atom stereocenters. The molecule has 1 aliphatic carbocycles. The summed E-state index contributed by atoms with van der Waals surface area (Å²) in [5.41, 5.74) is -0.235. The van der Waals surface area contributed by atoms with Crippen LogP contribution in [-0.4, -0.2) is 45.5 Å². The highest BCUT2D eigenvalue weighted by atomic mass is 16.6. The van der Waals surface area contributed by atoms with Gasteiger partial charge in [-0.3, -0.25) is 20.2 Å². The summed E-state index contributed by atoms with van der Waals surface area (Å²) in [5.74, 6) is 0.768. The highest BCUT2D eigenvalue weighted by molar-refractivity contribution is 5.78. The largest absolute Gasteiger partial charge is 0.392 e. The molecule has 9 heteroatoms. The van der Waals surface area contributed by atoms with Gasteiger partial charge in [0.2, 0.25) is 0 Å². The normalized spacial score (nSPS) is 19.2. The summed E-state index contributed by atoms with van der Waals surface area (Å²) in [6, 6.07) is 1.19. The molecule has 1 saturated heterocycles. The van der Waals surface area contributed by atoms with Crippen molar-refractivity contribution in [2.24, 2.45) is 5.92 Å². The number of nitrogens with one attached hydrogen (secondary N) is 1. The van der Waals surface area contributed by atoms with Gasteiger partial charge in [0.25, 0.3) is 5.69 Å². The number of hydrogen-bond donors (Lipinski definition) is 2. The zero-order valence-corrected chi connectivity index (χ0v) is 16.9. The van der Waals surface area contributed by atoms with Crippen LogP contribution in [0, 0.1) is 33.1 Å². The van der Waals surface area contributed by atoms with E-state index in [2.05, 4.69) is 10.2 Å². The minimum atomic E-state index is -0.619. The van der Waals surface area contributed by atoms with E-state index < -0.39 is 16.5 Å². The number of benzene rings is 1. The van der Waals surface area contributed by atoms with Gasteiger partial charge in [-0.05, 0) is 44.1 Å². The first-order chi connectivity index (χ1) is 13.9. The van der Waals surface area contributed by atoms with E-state index in [-0.39, 0.29) is 34.2 Å². The van der Waals surface area contributed by atoms with Gasteiger partial charge in [0, 0.05) is 37.3 Å². The third-order valence-electron chi connectivity index (χ3n) is 6.37. The second-order valence-corrected chi connectivity index (χ2v) is 8.30. The van der Waals surface area contributed by atoms with Gasteiger partial charge in [-0.2, -0.15) is 0 Å². The standard InChI is InChI=1S/C20H30N4O5/c1-14-16(13-25)11-18(23(26)27)19(20(14)24(28)29)21-17-7-9-22(10-8-17)12-15-5-3-2-4-6-15/h11,15,17,21,25H,2-10,12-13H2,1H3. The maximum Gasteiger partial charge on any atom is 0.302 e. The number of rotatable bonds is 7. The number of nitro benzene ring substituents is 2. The van der Waals surface area contributed by atoms with Crippen molar-refractivity contribution in [3.05, 3.63) is 37.4 Å². The highest BCUT2D eigenvalue weighted by Crippen LogP contribution is 2.40. The van der Waals surface area contributed by atoms with Crippen molar-refractivity contribution in [3.63, 3.8) is 0 Å². The molecule has 0 bridgehead atoms. The minimum Gasteiger partial charge on any atom is -0.392 e. The molecule has 160 valence electrons. The number of anilines is 1. The Balaban J connectivity index is 1.72. The monoisotopic (exact) mass is 406 g/mol. The molecule has 0 radical (unpaired) electrons. The third-order valence-corrected chi connectivity index (χ3v) is 6.37. The van der Waals surface area contributed by atoms with E-state index in [1.165, 1.54) is 45.1 Å². The quantitative estimate of drug-likeness (QED) is 0.522. The molecule has 1 aromatic rings. The molecule has 2 N–H and O–H groups in total.